The summed E-state index contributed by atoms with van der Waals surface area (Å²) in [5.74, 6) is 0. The van der Waals surface area contributed by atoms with Crippen molar-refractivity contribution in [2.24, 2.45) is 0 Å². The molecule has 0 N–H and O–H groups in total. The van der Waals surface area contributed by atoms with Crippen molar-refractivity contribution in [3.8, 4) is 0 Å². The Hall–Kier alpha value is -0.280. The lowest BCUT2D eigenvalue weighted by Crippen LogP contribution is -2.51. The molecule has 0 aromatic rings. The molecule has 0 radical (unpaired) electrons. The number of hydrogen-bond donors (Lipinski definition) is 0. The molecule has 1 saturated heterocycles. The fourth-order valence-electron chi connectivity index (χ4n) is 0.297. The van der Waals surface area contributed by atoms with E-state index < -0.39 is 24.8 Å². The van der Waals surface area contributed by atoms with Crippen molar-refractivity contribution in [3.63, 3.8) is 0 Å². The summed E-state index contributed by atoms with van der Waals surface area (Å²) in [5, 5.41) is 0. The van der Waals surface area contributed by atoms with Crippen molar-refractivity contribution in [3.05, 3.63) is 0 Å². The zero-order valence-corrected chi connectivity index (χ0v) is 5.75. The highest BCUT2D eigenvalue weighted by molar-refractivity contribution is 8.17. The molecular weight excluding hydrogens is 194 g/mol. The monoisotopic (exact) mass is 194 g/mol. The van der Waals surface area contributed by atoms with Gasteiger partial charge in [-0.1, -0.05) is 0 Å². The lowest BCUT2D eigenvalue weighted by atomic mass is 11.6. The molecule has 0 spiro atoms. The Labute approximate surface area is 54.8 Å². The summed E-state index contributed by atoms with van der Waals surface area (Å²) >= 11 is 0. The Bertz CT molecular complexity index is 313. The van der Waals surface area contributed by atoms with Crippen molar-refractivity contribution in [1.82, 2.24) is 0 Å². The van der Waals surface area contributed by atoms with Gasteiger partial charge in [0.25, 0.3) is 0 Å². The Morgan fingerprint density at radius 3 is 1.30 bits per heavy atom. The second-order valence-electron chi connectivity index (χ2n) is 1.44. The number of alkyl halides is 2. The first kappa shape index (κ1) is 7.82. The normalized spacial score (nSPS) is 32.6. The third kappa shape index (κ3) is 0.620. The fraction of sp³-hybridized carbons (Fsp3) is 1.00. The zero-order chi connectivity index (χ0) is 8.21. The van der Waals surface area contributed by atoms with Gasteiger partial charge in [-0.25, -0.2) is 0 Å². The average Bonchev–Trinajstić information content (AvgIpc) is 1.61. The first-order chi connectivity index (χ1) is 4.21. The highest BCUT2D eigenvalue weighted by Gasteiger charge is 2.72. The summed E-state index contributed by atoms with van der Waals surface area (Å²) in [6, 6.07) is 0. The van der Waals surface area contributed by atoms with E-state index in [1.807, 2.05) is 0 Å². The summed E-state index contributed by atoms with van der Waals surface area (Å²) in [5.41, 5.74) is 0. The second kappa shape index (κ2) is 1.48. The predicted molar refractivity (Wildman–Crippen MR) is 23.9 cm³/mol. The van der Waals surface area contributed by atoms with Crippen molar-refractivity contribution in [1.29, 1.82) is 0 Å². The molecule has 9 heteroatoms. The van der Waals surface area contributed by atoms with E-state index in [0.29, 0.717) is 0 Å². The maximum absolute atomic E-state index is 11.8. The molecule has 0 aromatic carbocycles. The SMILES string of the molecule is O=S1(=O)OS(=O)(=O)C1(F)F. The van der Waals surface area contributed by atoms with Crippen LogP contribution in [0.2, 0.25) is 0 Å². The molecule has 0 bridgehead atoms. The van der Waals surface area contributed by atoms with E-state index >= 15 is 0 Å². The minimum Gasteiger partial charge on any atom is -0.190 e. The van der Waals surface area contributed by atoms with Crippen LogP contribution in [-0.4, -0.2) is 21.4 Å². The van der Waals surface area contributed by atoms with Crippen molar-refractivity contribution >= 4 is 20.2 Å². The Kier molecular flexibility index (Phi) is 1.16. The number of rotatable bonds is 0. The zero-order valence-electron chi connectivity index (χ0n) is 4.11. The highest BCUT2D eigenvalue weighted by atomic mass is 32.4. The van der Waals surface area contributed by atoms with Crippen LogP contribution >= 0.6 is 0 Å². The van der Waals surface area contributed by atoms with Gasteiger partial charge in [0.15, 0.2) is 0 Å². The van der Waals surface area contributed by atoms with Gasteiger partial charge in [-0.15, -0.1) is 3.63 Å². The van der Waals surface area contributed by atoms with Gasteiger partial charge in [0.2, 0.25) is 0 Å². The summed E-state index contributed by atoms with van der Waals surface area (Å²) in [7, 11) is -10.4. The van der Waals surface area contributed by atoms with Crippen molar-refractivity contribution in [2.45, 2.75) is 4.59 Å². The van der Waals surface area contributed by atoms with Gasteiger partial charge in [-0.2, -0.15) is 25.6 Å². The van der Waals surface area contributed by atoms with Crippen molar-refractivity contribution in [2.75, 3.05) is 0 Å². The predicted octanol–water partition coefficient (Wildman–Crippen LogP) is -0.773. The first-order valence-corrected chi connectivity index (χ1v) is 4.60. The molecule has 0 unspecified atom stereocenters. The molecule has 1 heterocycles. The molecule has 0 aliphatic carbocycles. The highest BCUT2D eigenvalue weighted by Crippen LogP contribution is 2.41. The topological polar surface area (TPSA) is 77.5 Å². The van der Waals surface area contributed by atoms with Crippen LogP contribution in [0.25, 0.3) is 0 Å². The lowest BCUT2D eigenvalue weighted by molar-refractivity contribution is 0.131. The standard InChI is InChI=1S/CF2O5S2/c2-1(3)9(4,5)8-10(1,6)7. The number of hydrogen-bond acceptors (Lipinski definition) is 5. The average molecular weight is 194 g/mol. The molecule has 0 amide bonds. The Morgan fingerprint density at radius 2 is 1.30 bits per heavy atom. The molecule has 1 aliphatic rings. The first-order valence-electron chi connectivity index (χ1n) is 1.79. The van der Waals surface area contributed by atoms with Gasteiger partial charge in [-0.3, -0.25) is 0 Å². The Morgan fingerprint density at radius 1 is 1.00 bits per heavy atom. The molecule has 0 atom stereocenters. The van der Waals surface area contributed by atoms with E-state index in [1.165, 1.54) is 0 Å². The van der Waals surface area contributed by atoms with Gasteiger partial charge in [-0.05, 0) is 0 Å². The van der Waals surface area contributed by atoms with Crippen LogP contribution < -0.4 is 0 Å². The second-order valence-corrected chi connectivity index (χ2v) is 5.08. The van der Waals surface area contributed by atoms with Gasteiger partial charge in [0, 0.05) is 0 Å². The van der Waals surface area contributed by atoms with Crippen LogP contribution in [0.1, 0.15) is 0 Å². The lowest BCUT2D eigenvalue weighted by Gasteiger charge is -2.22. The van der Waals surface area contributed by atoms with Crippen LogP contribution in [-0.2, 0) is 23.9 Å². The molecule has 10 heavy (non-hydrogen) atoms. The van der Waals surface area contributed by atoms with Gasteiger partial charge < -0.3 is 0 Å². The van der Waals surface area contributed by atoms with E-state index in [-0.39, 0.29) is 0 Å². The minimum absolute atomic E-state index is 2.92. The molecule has 0 aromatic heterocycles. The quantitative estimate of drug-likeness (QED) is 0.505. The molecular formula is CF2O5S2. The van der Waals surface area contributed by atoms with E-state index in [2.05, 4.69) is 3.63 Å². The fourth-order valence-corrected chi connectivity index (χ4v) is 2.68. The van der Waals surface area contributed by atoms with Crippen LogP contribution in [0.4, 0.5) is 8.78 Å². The maximum Gasteiger partial charge on any atom is 0.498 e. The van der Waals surface area contributed by atoms with Crippen LogP contribution in [0, 0.1) is 0 Å². The van der Waals surface area contributed by atoms with Crippen molar-refractivity contribution < 1.29 is 29.2 Å². The van der Waals surface area contributed by atoms with Crippen LogP contribution in [0.15, 0.2) is 0 Å². The summed E-state index contributed by atoms with van der Waals surface area (Å²) in [6.07, 6.45) is 0. The molecule has 1 fully saturated rings. The largest absolute Gasteiger partial charge is 0.498 e. The van der Waals surface area contributed by atoms with Crippen LogP contribution in [0.5, 0.6) is 0 Å². The molecule has 60 valence electrons. The minimum atomic E-state index is -5.19. The maximum atomic E-state index is 11.8. The summed E-state index contributed by atoms with van der Waals surface area (Å²) in [6.45, 7) is 0. The molecule has 5 nitrogen and oxygen atoms in total. The van der Waals surface area contributed by atoms with E-state index in [4.69, 9.17) is 0 Å². The summed E-state index contributed by atoms with van der Waals surface area (Å²) < 4.78 is 61.0. The smallest absolute Gasteiger partial charge is 0.190 e. The van der Waals surface area contributed by atoms with E-state index in [0.717, 1.165) is 0 Å². The third-order valence-corrected chi connectivity index (χ3v) is 4.58. The van der Waals surface area contributed by atoms with Gasteiger partial charge in [0.05, 0.1) is 0 Å². The Balaban J connectivity index is 3.35. The molecule has 1 aliphatic heterocycles. The molecule has 1 rings (SSSR count). The van der Waals surface area contributed by atoms with E-state index in [1.54, 1.807) is 0 Å². The van der Waals surface area contributed by atoms with Gasteiger partial charge >= 0.3 is 24.8 Å². The molecule has 0 saturated carbocycles. The summed E-state index contributed by atoms with van der Waals surface area (Å²) in [4.78, 5) is 0. The third-order valence-electron chi connectivity index (χ3n) is 0.761. The number of halogens is 2. The van der Waals surface area contributed by atoms with E-state index in [9.17, 15) is 25.6 Å². The van der Waals surface area contributed by atoms with Crippen LogP contribution in [0.3, 0.4) is 0 Å². The van der Waals surface area contributed by atoms with Gasteiger partial charge in [0.1, 0.15) is 0 Å².